The van der Waals surface area contributed by atoms with E-state index in [0.29, 0.717) is 25.6 Å². The highest BCUT2D eigenvalue weighted by atomic mass is 16.2. The SMILES string of the molecule is CC(=O)NCCC(=O)N(C)Cc1ccc(NC2Cc3ccccc3C2(C)C)cc1. The molecule has 0 aromatic heterocycles. The van der Waals surface area contributed by atoms with Crippen LogP contribution in [0.3, 0.4) is 0 Å². The first-order chi connectivity index (χ1) is 13.8. The Morgan fingerprint density at radius 2 is 1.79 bits per heavy atom. The molecule has 29 heavy (non-hydrogen) atoms. The average molecular weight is 394 g/mol. The molecular formula is C24H31N3O2. The molecular weight excluding hydrogens is 362 g/mol. The molecule has 1 atom stereocenters. The summed E-state index contributed by atoms with van der Waals surface area (Å²) in [4.78, 5) is 24.8. The average Bonchev–Trinajstić information content (AvgIpc) is 2.93. The van der Waals surface area contributed by atoms with Gasteiger partial charge in [0.2, 0.25) is 11.8 Å². The molecule has 1 unspecified atom stereocenters. The molecule has 5 nitrogen and oxygen atoms in total. The van der Waals surface area contributed by atoms with Gasteiger partial charge in [-0.2, -0.15) is 0 Å². The van der Waals surface area contributed by atoms with Crippen molar-refractivity contribution in [1.82, 2.24) is 10.2 Å². The zero-order valence-corrected chi connectivity index (χ0v) is 17.8. The number of benzene rings is 2. The van der Waals surface area contributed by atoms with Gasteiger partial charge in [0, 0.05) is 50.6 Å². The fraction of sp³-hybridized carbons (Fsp3) is 0.417. The minimum Gasteiger partial charge on any atom is -0.381 e. The van der Waals surface area contributed by atoms with Gasteiger partial charge < -0.3 is 15.5 Å². The lowest BCUT2D eigenvalue weighted by molar-refractivity contribution is -0.130. The first kappa shape index (κ1) is 20.9. The van der Waals surface area contributed by atoms with Gasteiger partial charge in [-0.15, -0.1) is 0 Å². The highest BCUT2D eigenvalue weighted by molar-refractivity contribution is 5.77. The summed E-state index contributed by atoms with van der Waals surface area (Å²) in [6.07, 6.45) is 1.34. The third-order valence-electron chi connectivity index (χ3n) is 5.86. The van der Waals surface area contributed by atoms with Crippen LogP contribution >= 0.6 is 0 Å². The van der Waals surface area contributed by atoms with Gasteiger partial charge >= 0.3 is 0 Å². The van der Waals surface area contributed by atoms with Gasteiger partial charge in [-0.05, 0) is 35.2 Å². The van der Waals surface area contributed by atoms with Gasteiger partial charge in [-0.25, -0.2) is 0 Å². The van der Waals surface area contributed by atoms with Gasteiger partial charge in [0.15, 0.2) is 0 Å². The number of nitrogens with one attached hydrogen (secondary N) is 2. The second-order valence-electron chi connectivity index (χ2n) is 8.46. The largest absolute Gasteiger partial charge is 0.381 e. The van der Waals surface area contributed by atoms with E-state index in [0.717, 1.165) is 17.7 Å². The van der Waals surface area contributed by atoms with E-state index in [-0.39, 0.29) is 17.2 Å². The summed E-state index contributed by atoms with van der Waals surface area (Å²) in [6, 6.07) is 17.3. The molecule has 0 heterocycles. The number of anilines is 1. The molecule has 2 amide bonds. The van der Waals surface area contributed by atoms with Crippen LogP contribution in [0.15, 0.2) is 48.5 Å². The summed E-state index contributed by atoms with van der Waals surface area (Å²) in [5.74, 6) is -0.0940. The smallest absolute Gasteiger partial charge is 0.224 e. The summed E-state index contributed by atoms with van der Waals surface area (Å²) in [5, 5.41) is 6.35. The van der Waals surface area contributed by atoms with E-state index in [1.54, 1.807) is 11.9 Å². The highest BCUT2D eigenvalue weighted by Gasteiger charge is 2.38. The molecule has 1 aliphatic rings. The Morgan fingerprint density at radius 1 is 1.10 bits per heavy atom. The Hall–Kier alpha value is -2.82. The zero-order chi connectivity index (χ0) is 21.0. The summed E-state index contributed by atoms with van der Waals surface area (Å²) >= 11 is 0. The molecule has 0 fully saturated rings. The molecule has 2 N–H and O–H groups in total. The van der Waals surface area contributed by atoms with Crippen molar-refractivity contribution in [2.45, 2.75) is 51.6 Å². The summed E-state index contributed by atoms with van der Waals surface area (Å²) in [6.45, 7) is 6.98. The van der Waals surface area contributed by atoms with Gasteiger partial charge in [0.05, 0.1) is 0 Å². The summed E-state index contributed by atoms with van der Waals surface area (Å²) in [5.41, 5.74) is 5.11. The van der Waals surface area contributed by atoms with Gasteiger partial charge in [0.1, 0.15) is 0 Å². The summed E-state index contributed by atoms with van der Waals surface area (Å²) in [7, 11) is 1.79. The Kier molecular flexibility index (Phi) is 6.26. The van der Waals surface area contributed by atoms with Crippen molar-refractivity contribution in [3.8, 4) is 0 Å². The Bertz CT molecular complexity index is 874. The van der Waals surface area contributed by atoms with E-state index in [4.69, 9.17) is 0 Å². The maximum atomic E-state index is 12.2. The fourth-order valence-electron chi connectivity index (χ4n) is 4.03. The molecule has 0 bridgehead atoms. The van der Waals surface area contributed by atoms with Gasteiger partial charge in [-0.3, -0.25) is 9.59 Å². The van der Waals surface area contributed by atoms with Crippen LogP contribution < -0.4 is 10.6 Å². The van der Waals surface area contributed by atoms with Crippen molar-refractivity contribution >= 4 is 17.5 Å². The van der Waals surface area contributed by atoms with Gasteiger partial charge in [0.25, 0.3) is 0 Å². The lowest BCUT2D eigenvalue weighted by Crippen LogP contribution is -2.36. The fourth-order valence-corrected chi connectivity index (χ4v) is 4.03. The Labute approximate surface area is 173 Å². The van der Waals surface area contributed by atoms with Crippen molar-refractivity contribution < 1.29 is 9.59 Å². The standard InChI is InChI=1S/C24H31N3O2/c1-17(28)25-14-13-23(29)27(4)16-18-9-11-20(12-10-18)26-22-15-19-7-5-6-8-21(19)24(22,2)3/h5-12,22,26H,13-16H2,1-4H3,(H,25,28). The van der Waals surface area contributed by atoms with E-state index < -0.39 is 0 Å². The minimum atomic E-state index is -0.114. The molecule has 2 aromatic carbocycles. The molecule has 0 aliphatic heterocycles. The van der Waals surface area contributed by atoms with Crippen molar-refractivity contribution in [2.75, 3.05) is 18.9 Å². The van der Waals surface area contributed by atoms with Crippen LogP contribution in [-0.4, -0.2) is 36.3 Å². The molecule has 0 spiro atoms. The molecule has 3 rings (SSSR count). The van der Waals surface area contributed by atoms with E-state index in [2.05, 4.69) is 73.0 Å². The maximum absolute atomic E-state index is 12.2. The van der Waals surface area contributed by atoms with Crippen molar-refractivity contribution in [3.05, 3.63) is 65.2 Å². The molecule has 0 radical (unpaired) electrons. The van der Waals surface area contributed by atoms with E-state index in [1.165, 1.54) is 18.1 Å². The number of carbonyl (C=O) groups is 2. The molecule has 0 saturated carbocycles. The van der Waals surface area contributed by atoms with Crippen LogP contribution in [0, 0.1) is 0 Å². The van der Waals surface area contributed by atoms with Crippen molar-refractivity contribution in [2.24, 2.45) is 0 Å². The molecule has 154 valence electrons. The highest BCUT2D eigenvalue weighted by Crippen LogP contribution is 2.39. The van der Waals surface area contributed by atoms with Crippen LogP contribution in [0.25, 0.3) is 0 Å². The van der Waals surface area contributed by atoms with Crippen LogP contribution in [0.5, 0.6) is 0 Å². The topological polar surface area (TPSA) is 61.4 Å². The zero-order valence-electron chi connectivity index (χ0n) is 17.8. The lowest BCUT2D eigenvalue weighted by Gasteiger charge is -2.30. The third kappa shape index (κ3) is 4.97. The molecule has 1 aliphatic carbocycles. The number of nitrogens with zero attached hydrogens (tertiary/aromatic N) is 1. The number of hydrogen-bond donors (Lipinski definition) is 2. The van der Waals surface area contributed by atoms with Crippen LogP contribution in [-0.2, 0) is 28.0 Å². The third-order valence-corrected chi connectivity index (χ3v) is 5.86. The normalized spacial score (nSPS) is 16.8. The number of amides is 2. The second-order valence-corrected chi connectivity index (χ2v) is 8.46. The lowest BCUT2D eigenvalue weighted by atomic mass is 9.83. The predicted octanol–water partition coefficient (Wildman–Crippen LogP) is 3.49. The van der Waals surface area contributed by atoms with E-state index >= 15 is 0 Å². The summed E-state index contributed by atoms with van der Waals surface area (Å²) < 4.78 is 0. The van der Waals surface area contributed by atoms with E-state index in [1.807, 2.05) is 0 Å². The first-order valence-corrected chi connectivity index (χ1v) is 10.2. The van der Waals surface area contributed by atoms with Crippen LogP contribution in [0.4, 0.5) is 5.69 Å². The van der Waals surface area contributed by atoms with Gasteiger partial charge in [-0.1, -0.05) is 50.2 Å². The van der Waals surface area contributed by atoms with Crippen molar-refractivity contribution in [1.29, 1.82) is 0 Å². The second kappa shape index (κ2) is 8.68. The minimum absolute atomic E-state index is 0.0198. The first-order valence-electron chi connectivity index (χ1n) is 10.2. The Morgan fingerprint density at radius 3 is 2.45 bits per heavy atom. The van der Waals surface area contributed by atoms with Crippen LogP contribution in [0.1, 0.15) is 43.9 Å². The predicted molar refractivity (Wildman–Crippen MR) is 117 cm³/mol. The molecule has 0 saturated heterocycles. The molecule has 5 heteroatoms. The van der Waals surface area contributed by atoms with Crippen LogP contribution in [0.2, 0.25) is 0 Å². The number of rotatable bonds is 7. The maximum Gasteiger partial charge on any atom is 0.224 e. The monoisotopic (exact) mass is 393 g/mol. The van der Waals surface area contributed by atoms with E-state index in [9.17, 15) is 9.59 Å². The number of carbonyl (C=O) groups excluding carboxylic acids is 2. The quantitative estimate of drug-likeness (QED) is 0.757. The Balaban J connectivity index is 1.56. The number of fused-ring (bicyclic) bond motifs is 1. The molecule has 2 aromatic rings. The van der Waals surface area contributed by atoms with Crippen molar-refractivity contribution in [3.63, 3.8) is 0 Å². The number of hydrogen-bond acceptors (Lipinski definition) is 3.